The van der Waals surface area contributed by atoms with Crippen molar-refractivity contribution in [2.45, 2.75) is 50.4 Å². The van der Waals surface area contributed by atoms with Crippen LogP contribution < -0.4 is 5.32 Å². The Kier molecular flexibility index (Phi) is 5.04. The van der Waals surface area contributed by atoms with Crippen LogP contribution >= 0.6 is 0 Å². The predicted molar refractivity (Wildman–Crippen MR) is 108 cm³/mol. The van der Waals surface area contributed by atoms with E-state index in [1.54, 1.807) is 6.92 Å². The molecule has 6 heteroatoms. The van der Waals surface area contributed by atoms with Gasteiger partial charge in [0.2, 0.25) is 0 Å². The van der Waals surface area contributed by atoms with Gasteiger partial charge in [-0.25, -0.2) is 4.79 Å². The van der Waals surface area contributed by atoms with Crippen LogP contribution in [-0.2, 0) is 14.3 Å². The van der Waals surface area contributed by atoms with Crippen molar-refractivity contribution in [2.24, 2.45) is 0 Å². The van der Waals surface area contributed by atoms with E-state index in [4.69, 9.17) is 9.47 Å². The van der Waals surface area contributed by atoms with E-state index in [0.29, 0.717) is 6.42 Å². The number of ether oxygens (including phenoxy) is 2. The van der Waals surface area contributed by atoms with Crippen LogP contribution in [0, 0.1) is 0 Å². The molecule has 1 saturated heterocycles. The van der Waals surface area contributed by atoms with Crippen molar-refractivity contribution >= 4 is 12.1 Å². The monoisotopic (exact) mass is 395 g/mol. The van der Waals surface area contributed by atoms with Crippen molar-refractivity contribution < 1.29 is 24.2 Å². The lowest BCUT2D eigenvalue weighted by Gasteiger charge is -2.31. The molecule has 4 rings (SSSR count). The molecule has 1 aliphatic heterocycles. The number of carbonyl (C=O) groups excluding carboxylic acids is 1. The Balaban J connectivity index is 1.49. The minimum atomic E-state index is -0.978. The van der Waals surface area contributed by atoms with Crippen molar-refractivity contribution in [1.29, 1.82) is 0 Å². The molecular formula is C23H25NO5. The van der Waals surface area contributed by atoms with Gasteiger partial charge in [0.1, 0.15) is 6.61 Å². The Morgan fingerprint density at radius 1 is 1.10 bits per heavy atom. The molecule has 2 N–H and O–H groups in total. The van der Waals surface area contributed by atoms with Gasteiger partial charge in [-0.05, 0) is 42.5 Å². The zero-order valence-corrected chi connectivity index (χ0v) is 16.6. The summed E-state index contributed by atoms with van der Waals surface area (Å²) in [6.07, 6.45) is -0.919. The highest BCUT2D eigenvalue weighted by Crippen LogP contribution is 2.44. The number of amides is 1. The summed E-state index contributed by atoms with van der Waals surface area (Å²) in [6, 6.07) is 16.2. The first kappa shape index (κ1) is 19.5. The Bertz CT molecular complexity index is 897. The normalized spacial score (nSPS) is 25.3. The fourth-order valence-electron chi connectivity index (χ4n) is 4.73. The largest absolute Gasteiger partial charge is 0.481 e. The van der Waals surface area contributed by atoms with Crippen LogP contribution in [0.5, 0.6) is 0 Å². The highest BCUT2D eigenvalue weighted by atomic mass is 16.6. The van der Waals surface area contributed by atoms with Gasteiger partial charge in [0.05, 0.1) is 24.2 Å². The summed E-state index contributed by atoms with van der Waals surface area (Å²) < 4.78 is 11.3. The first-order chi connectivity index (χ1) is 13.9. The first-order valence-electron chi connectivity index (χ1n) is 9.90. The van der Waals surface area contributed by atoms with Gasteiger partial charge in [-0.3, -0.25) is 4.79 Å². The minimum absolute atomic E-state index is 0.0419. The number of carboxylic acid groups (broad SMARTS) is 1. The maximum absolute atomic E-state index is 12.6. The number of benzene rings is 2. The van der Waals surface area contributed by atoms with E-state index in [9.17, 15) is 14.7 Å². The summed E-state index contributed by atoms with van der Waals surface area (Å²) >= 11 is 0. The average molecular weight is 395 g/mol. The summed E-state index contributed by atoms with van der Waals surface area (Å²) in [7, 11) is 0. The summed E-state index contributed by atoms with van der Waals surface area (Å²) in [5.74, 6) is -1.02. The Hall–Kier alpha value is -2.86. The van der Waals surface area contributed by atoms with Crippen LogP contribution in [0.1, 0.15) is 43.7 Å². The predicted octanol–water partition coefficient (Wildman–Crippen LogP) is 3.94. The quantitative estimate of drug-likeness (QED) is 0.801. The van der Waals surface area contributed by atoms with E-state index in [1.165, 1.54) is 0 Å². The number of nitrogens with one attached hydrogen (secondary N) is 1. The fourth-order valence-corrected chi connectivity index (χ4v) is 4.73. The van der Waals surface area contributed by atoms with Gasteiger partial charge in [-0.1, -0.05) is 48.5 Å². The molecule has 3 unspecified atom stereocenters. The Labute approximate surface area is 169 Å². The number of hydrogen-bond acceptors (Lipinski definition) is 4. The maximum Gasteiger partial charge on any atom is 0.407 e. The Morgan fingerprint density at radius 3 is 2.21 bits per heavy atom. The standard InChI is InChI=1S/C23H25NO5/c1-14-11-23(12-21(25)26,15(2)29-14)24-22(27)28-13-20-18-9-5-3-7-16(18)17-8-4-6-10-19(17)20/h3-10,14-15,20H,11-13H2,1-2H3,(H,24,27)(H,25,26). The molecule has 29 heavy (non-hydrogen) atoms. The van der Waals surface area contributed by atoms with Crippen LogP contribution in [0.4, 0.5) is 4.79 Å². The smallest absolute Gasteiger partial charge is 0.407 e. The number of fused-ring (bicyclic) bond motifs is 3. The van der Waals surface area contributed by atoms with Gasteiger partial charge < -0.3 is 19.9 Å². The van der Waals surface area contributed by atoms with Crippen molar-refractivity contribution in [3.63, 3.8) is 0 Å². The molecule has 1 fully saturated rings. The molecule has 0 radical (unpaired) electrons. The molecule has 1 amide bonds. The molecule has 1 heterocycles. The van der Waals surface area contributed by atoms with Crippen LogP contribution in [0.3, 0.4) is 0 Å². The highest BCUT2D eigenvalue weighted by Gasteiger charge is 2.48. The van der Waals surface area contributed by atoms with E-state index < -0.39 is 23.7 Å². The summed E-state index contributed by atoms with van der Waals surface area (Å²) in [4.78, 5) is 24.0. The summed E-state index contributed by atoms with van der Waals surface area (Å²) in [5, 5.41) is 12.1. The number of hydrogen-bond donors (Lipinski definition) is 2. The van der Waals surface area contributed by atoms with Gasteiger partial charge in [0.15, 0.2) is 0 Å². The topological polar surface area (TPSA) is 84.9 Å². The Morgan fingerprint density at radius 2 is 1.69 bits per heavy atom. The lowest BCUT2D eigenvalue weighted by Crippen LogP contribution is -2.54. The van der Waals surface area contributed by atoms with E-state index in [-0.39, 0.29) is 25.0 Å². The molecule has 0 saturated carbocycles. The second-order valence-electron chi connectivity index (χ2n) is 7.97. The molecular weight excluding hydrogens is 370 g/mol. The van der Waals surface area contributed by atoms with Gasteiger partial charge >= 0.3 is 12.1 Å². The third kappa shape index (κ3) is 3.60. The van der Waals surface area contributed by atoms with E-state index in [1.807, 2.05) is 31.2 Å². The van der Waals surface area contributed by atoms with Crippen molar-refractivity contribution in [3.05, 3.63) is 59.7 Å². The maximum atomic E-state index is 12.6. The zero-order chi connectivity index (χ0) is 20.6. The third-order valence-electron chi connectivity index (χ3n) is 6.03. The summed E-state index contributed by atoms with van der Waals surface area (Å²) in [5.41, 5.74) is 3.62. The van der Waals surface area contributed by atoms with E-state index >= 15 is 0 Å². The molecule has 0 aromatic heterocycles. The van der Waals surface area contributed by atoms with E-state index in [2.05, 4.69) is 29.6 Å². The van der Waals surface area contributed by atoms with Gasteiger partial charge in [0.25, 0.3) is 0 Å². The van der Waals surface area contributed by atoms with Crippen LogP contribution in [0.25, 0.3) is 11.1 Å². The number of rotatable bonds is 5. The highest BCUT2D eigenvalue weighted by molar-refractivity contribution is 5.79. The van der Waals surface area contributed by atoms with Crippen LogP contribution in [0.15, 0.2) is 48.5 Å². The van der Waals surface area contributed by atoms with Gasteiger partial charge in [0, 0.05) is 5.92 Å². The third-order valence-corrected chi connectivity index (χ3v) is 6.03. The van der Waals surface area contributed by atoms with E-state index in [0.717, 1.165) is 22.3 Å². The van der Waals surface area contributed by atoms with Crippen LogP contribution in [-0.4, -0.2) is 41.5 Å². The SMILES string of the molecule is CC1CC(CC(=O)O)(NC(=O)OCC2c3ccccc3-c3ccccc32)C(C)O1. The molecule has 3 atom stereocenters. The molecule has 2 aromatic carbocycles. The van der Waals surface area contributed by atoms with Crippen molar-refractivity contribution in [1.82, 2.24) is 5.32 Å². The minimum Gasteiger partial charge on any atom is -0.481 e. The zero-order valence-electron chi connectivity index (χ0n) is 16.6. The number of aliphatic carboxylic acids is 1. The average Bonchev–Trinajstić information content (AvgIpc) is 3.13. The molecule has 2 aromatic rings. The second-order valence-corrected chi connectivity index (χ2v) is 7.97. The van der Waals surface area contributed by atoms with Gasteiger partial charge in [-0.2, -0.15) is 0 Å². The van der Waals surface area contributed by atoms with Crippen molar-refractivity contribution in [3.8, 4) is 11.1 Å². The van der Waals surface area contributed by atoms with Crippen LogP contribution in [0.2, 0.25) is 0 Å². The molecule has 152 valence electrons. The molecule has 0 spiro atoms. The number of alkyl carbamates (subject to hydrolysis) is 1. The van der Waals surface area contributed by atoms with Crippen molar-refractivity contribution in [2.75, 3.05) is 6.61 Å². The number of carbonyl (C=O) groups is 2. The first-order valence-corrected chi connectivity index (χ1v) is 9.90. The number of carboxylic acids is 1. The van der Waals surface area contributed by atoms with Gasteiger partial charge in [-0.15, -0.1) is 0 Å². The molecule has 2 aliphatic rings. The second kappa shape index (κ2) is 7.52. The summed E-state index contributed by atoms with van der Waals surface area (Å²) in [6.45, 7) is 3.85. The molecule has 6 nitrogen and oxygen atoms in total. The fraction of sp³-hybridized carbons (Fsp3) is 0.391. The molecule has 1 aliphatic carbocycles. The lowest BCUT2D eigenvalue weighted by molar-refractivity contribution is -0.139. The molecule has 0 bridgehead atoms. The lowest BCUT2D eigenvalue weighted by atomic mass is 9.87.